The van der Waals surface area contributed by atoms with E-state index in [-0.39, 0.29) is 12.5 Å². The highest BCUT2D eigenvalue weighted by Crippen LogP contribution is 2.28. The summed E-state index contributed by atoms with van der Waals surface area (Å²) in [5, 5.41) is 12.5. The Morgan fingerprint density at radius 2 is 2.28 bits per heavy atom. The highest BCUT2D eigenvalue weighted by molar-refractivity contribution is 6.31. The minimum Gasteiger partial charge on any atom is -0.480 e. The first-order valence-corrected chi connectivity index (χ1v) is 6.43. The Balaban J connectivity index is 2.17. The lowest BCUT2D eigenvalue weighted by atomic mass is 10.1. The predicted octanol–water partition coefficient (Wildman–Crippen LogP) is 1.88. The van der Waals surface area contributed by atoms with Crippen LogP contribution < -0.4 is 10.1 Å². The molecular weight excluding hydrogens is 254 g/mol. The number of ether oxygens (including phenoxy) is 1. The van der Waals surface area contributed by atoms with Gasteiger partial charge >= 0.3 is 0 Å². The van der Waals surface area contributed by atoms with Gasteiger partial charge in [0.15, 0.2) is 6.10 Å². The van der Waals surface area contributed by atoms with Crippen LogP contribution in [0.1, 0.15) is 24.8 Å². The number of rotatable bonds is 3. The van der Waals surface area contributed by atoms with Crippen molar-refractivity contribution in [2.24, 2.45) is 0 Å². The van der Waals surface area contributed by atoms with Gasteiger partial charge in [-0.05, 0) is 31.4 Å². The molecule has 18 heavy (non-hydrogen) atoms. The third-order valence-electron chi connectivity index (χ3n) is 2.99. The van der Waals surface area contributed by atoms with E-state index in [4.69, 9.17) is 16.3 Å². The number of hydrogen-bond acceptors (Lipinski definition) is 3. The topological polar surface area (TPSA) is 58.6 Å². The van der Waals surface area contributed by atoms with Crippen LogP contribution in [-0.2, 0) is 11.4 Å². The summed E-state index contributed by atoms with van der Waals surface area (Å²) in [6.07, 6.45) is 2.09. The maximum absolute atomic E-state index is 11.8. The Hall–Kier alpha value is -1.26. The minimum atomic E-state index is -0.503. The monoisotopic (exact) mass is 269 g/mol. The van der Waals surface area contributed by atoms with Crippen molar-refractivity contribution in [1.82, 2.24) is 5.32 Å². The lowest BCUT2D eigenvalue weighted by Crippen LogP contribution is -2.36. The van der Waals surface area contributed by atoms with Crippen molar-refractivity contribution >= 4 is 17.5 Å². The van der Waals surface area contributed by atoms with E-state index in [1.54, 1.807) is 18.2 Å². The summed E-state index contributed by atoms with van der Waals surface area (Å²) in [7, 11) is 0. The maximum atomic E-state index is 11.8. The van der Waals surface area contributed by atoms with Crippen molar-refractivity contribution in [3.63, 3.8) is 0 Å². The Labute approximate surface area is 111 Å². The molecule has 1 amide bonds. The summed E-state index contributed by atoms with van der Waals surface area (Å²) in [4.78, 5) is 11.8. The number of carbonyl (C=O) groups is 1. The summed E-state index contributed by atoms with van der Waals surface area (Å²) < 4.78 is 5.69. The van der Waals surface area contributed by atoms with Crippen molar-refractivity contribution < 1.29 is 14.6 Å². The standard InChI is InChI=1S/C13H16ClNO3/c14-10-4-3-6-11(9(10)8-16)18-12-5-1-2-7-15-13(12)17/h3-4,6,12,16H,1-2,5,7-8H2,(H,15,17). The van der Waals surface area contributed by atoms with E-state index in [0.29, 0.717) is 29.3 Å². The number of aliphatic hydroxyl groups excluding tert-OH is 1. The highest BCUT2D eigenvalue weighted by atomic mass is 35.5. The lowest BCUT2D eigenvalue weighted by molar-refractivity contribution is -0.127. The summed E-state index contributed by atoms with van der Waals surface area (Å²) in [5.41, 5.74) is 0.524. The molecule has 0 saturated carbocycles. The fourth-order valence-corrected chi connectivity index (χ4v) is 2.21. The quantitative estimate of drug-likeness (QED) is 0.881. The van der Waals surface area contributed by atoms with Crippen LogP contribution in [-0.4, -0.2) is 23.7 Å². The molecule has 0 radical (unpaired) electrons. The zero-order valence-electron chi connectivity index (χ0n) is 9.99. The first-order valence-electron chi connectivity index (χ1n) is 6.05. The van der Waals surface area contributed by atoms with Crippen LogP contribution in [0.25, 0.3) is 0 Å². The largest absolute Gasteiger partial charge is 0.480 e. The Bertz CT molecular complexity index is 436. The summed E-state index contributed by atoms with van der Waals surface area (Å²) in [5.74, 6) is 0.378. The van der Waals surface area contributed by atoms with E-state index in [1.807, 2.05) is 0 Å². The van der Waals surface area contributed by atoms with Crippen molar-refractivity contribution in [3.05, 3.63) is 28.8 Å². The third kappa shape index (κ3) is 2.94. The van der Waals surface area contributed by atoms with Gasteiger partial charge in [0.05, 0.1) is 6.61 Å². The van der Waals surface area contributed by atoms with Gasteiger partial charge < -0.3 is 15.2 Å². The second-order valence-electron chi connectivity index (χ2n) is 4.27. The summed E-state index contributed by atoms with van der Waals surface area (Å²) >= 11 is 5.98. The van der Waals surface area contributed by atoms with Crippen LogP contribution >= 0.6 is 11.6 Å². The molecule has 1 aromatic carbocycles. The molecule has 0 aromatic heterocycles. The molecule has 2 N–H and O–H groups in total. The molecule has 0 bridgehead atoms. The second kappa shape index (κ2) is 6.07. The molecule has 98 valence electrons. The Kier molecular flexibility index (Phi) is 4.44. The Morgan fingerprint density at radius 3 is 3.06 bits per heavy atom. The van der Waals surface area contributed by atoms with Gasteiger partial charge in [-0.15, -0.1) is 0 Å². The third-order valence-corrected chi connectivity index (χ3v) is 3.34. The molecule has 1 fully saturated rings. The molecule has 1 heterocycles. The van der Waals surface area contributed by atoms with Gasteiger partial charge in [0.2, 0.25) is 0 Å². The van der Waals surface area contributed by atoms with E-state index >= 15 is 0 Å². The zero-order chi connectivity index (χ0) is 13.0. The van der Waals surface area contributed by atoms with Gasteiger partial charge in [-0.3, -0.25) is 4.79 Å². The van der Waals surface area contributed by atoms with Crippen molar-refractivity contribution in [2.75, 3.05) is 6.54 Å². The number of halogens is 1. The van der Waals surface area contributed by atoms with Crippen LogP contribution in [0.2, 0.25) is 5.02 Å². The van der Waals surface area contributed by atoms with Crippen LogP contribution in [0.3, 0.4) is 0 Å². The fourth-order valence-electron chi connectivity index (χ4n) is 1.98. The maximum Gasteiger partial charge on any atom is 0.261 e. The van der Waals surface area contributed by atoms with Gasteiger partial charge in [0.1, 0.15) is 5.75 Å². The first kappa shape index (κ1) is 13.2. The normalized spacial score (nSPS) is 20.1. The van der Waals surface area contributed by atoms with Crippen LogP contribution in [0.4, 0.5) is 0 Å². The number of nitrogens with one attached hydrogen (secondary N) is 1. The molecule has 0 aliphatic carbocycles. The summed E-state index contributed by atoms with van der Waals surface area (Å²) in [6, 6.07) is 5.15. The fraction of sp³-hybridized carbons (Fsp3) is 0.462. The molecule has 0 spiro atoms. The van der Waals surface area contributed by atoms with E-state index in [9.17, 15) is 9.90 Å². The van der Waals surface area contributed by atoms with Gasteiger partial charge in [0.25, 0.3) is 5.91 Å². The molecule has 4 nitrogen and oxygen atoms in total. The predicted molar refractivity (Wildman–Crippen MR) is 68.7 cm³/mol. The number of aliphatic hydroxyl groups is 1. The molecule has 1 atom stereocenters. The highest BCUT2D eigenvalue weighted by Gasteiger charge is 2.23. The van der Waals surface area contributed by atoms with Gasteiger partial charge in [-0.2, -0.15) is 0 Å². The molecule has 1 aliphatic rings. The minimum absolute atomic E-state index is 0.101. The number of benzene rings is 1. The molecule has 5 heteroatoms. The molecule has 1 saturated heterocycles. The molecule has 1 aromatic rings. The molecule has 2 rings (SSSR count). The number of hydrogen-bond donors (Lipinski definition) is 2. The van der Waals surface area contributed by atoms with Gasteiger partial charge in [0, 0.05) is 17.1 Å². The smallest absolute Gasteiger partial charge is 0.261 e. The number of amides is 1. The zero-order valence-corrected chi connectivity index (χ0v) is 10.7. The van der Waals surface area contributed by atoms with E-state index in [2.05, 4.69) is 5.32 Å². The van der Waals surface area contributed by atoms with Crippen LogP contribution in [0, 0.1) is 0 Å². The second-order valence-corrected chi connectivity index (χ2v) is 4.68. The first-order chi connectivity index (χ1) is 8.72. The van der Waals surface area contributed by atoms with Crippen LogP contribution in [0.5, 0.6) is 5.75 Å². The van der Waals surface area contributed by atoms with E-state index in [1.165, 1.54) is 0 Å². The van der Waals surface area contributed by atoms with E-state index in [0.717, 1.165) is 12.8 Å². The Morgan fingerprint density at radius 1 is 1.44 bits per heavy atom. The van der Waals surface area contributed by atoms with Crippen molar-refractivity contribution in [1.29, 1.82) is 0 Å². The van der Waals surface area contributed by atoms with Gasteiger partial charge in [-0.1, -0.05) is 17.7 Å². The summed E-state index contributed by atoms with van der Waals surface area (Å²) in [6.45, 7) is 0.491. The number of carbonyl (C=O) groups excluding carboxylic acids is 1. The van der Waals surface area contributed by atoms with E-state index < -0.39 is 6.10 Å². The average molecular weight is 270 g/mol. The molecule has 1 unspecified atom stereocenters. The van der Waals surface area contributed by atoms with Crippen LogP contribution in [0.15, 0.2) is 18.2 Å². The van der Waals surface area contributed by atoms with Crippen molar-refractivity contribution in [3.8, 4) is 5.75 Å². The molecule has 1 aliphatic heterocycles. The van der Waals surface area contributed by atoms with Crippen molar-refractivity contribution in [2.45, 2.75) is 32.0 Å². The average Bonchev–Trinajstić information content (AvgIpc) is 2.55. The SMILES string of the molecule is O=C1NCCCCC1Oc1cccc(Cl)c1CO. The van der Waals surface area contributed by atoms with Gasteiger partial charge in [-0.25, -0.2) is 0 Å². The molecular formula is C13H16ClNO3. The lowest BCUT2D eigenvalue weighted by Gasteiger charge is -2.18.